The maximum absolute atomic E-state index is 12.4. The number of benzene rings is 1. The van der Waals surface area contributed by atoms with E-state index in [1.54, 1.807) is 6.20 Å². The van der Waals surface area contributed by atoms with Crippen molar-refractivity contribution < 1.29 is 4.79 Å². The molecule has 2 heterocycles. The summed E-state index contributed by atoms with van der Waals surface area (Å²) in [6.45, 7) is 3.25. The number of aromatic amines is 1. The summed E-state index contributed by atoms with van der Waals surface area (Å²) in [4.78, 5) is 17.9. The van der Waals surface area contributed by atoms with Crippen molar-refractivity contribution in [3.8, 4) is 0 Å². The van der Waals surface area contributed by atoms with E-state index in [0.717, 1.165) is 35.9 Å². The van der Waals surface area contributed by atoms with E-state index in [1.807, 2.05) is 24.3 Å². The van der Waals surface area contributed by atoms with Crippen molar-refractivity contribution in [2.45, 2.75) is 31.8 Å². The van der Waals surface area contributed by atoms with Gasteiger partial charge in [0.1, 0.15) is 0 Å². The molecular formula is C16H21N3O. The van der Waals surface area contributed by atoms with Crippen LogP contribution in [0.15, 0.2) is 30.5 Å². The first-order chi connectivity index (χ1) is 9.65. The molecule has 1 amide bonds. The number of piperidine rings is 1. The maximum Gasteiger partial charge on any atom is 0.253 e. The predicted octanol–water partition coefficient (Wildman–Crippen LogP) is 2.38. The third-order valence-corrected chi connectivity index (χ3v) is 4.38. The van der Waals surface area contributed by atoms with Gasteiger partial charge in [-0.1, -0.05) is 18.2 Å². The first kappa shape index (κ1) is 13.2. The van der Waals surface area contributed by atoms with Crippen molar-refractivity contribution in [2.75, 3.05) is 13.6 Å². The Morgan fingerprint density at radius 2 is 2.20 bits per heavy atom. The van der Waals surface area contributed by atoms with Gasteiger partial charge < -0.3 is 15.2 Å². The van der Waals surface area contributed by atoms with Crippen LogP contribution in [0, 0.1) is 0 Å². The number of amides is 1. The van der Waals surface area contributed by atoms with Crippen LogP contribution in [0.25, 0.3) is 10.9 Å². The smallest absolute Gasteiger partial charge is 0.253 e. The Bertz CT molecular complexity index is 619. The molecule has 2 unspecified atom stereocenters. The molecule has 0 radical (unpaired) electrons. The fraction of sp³-hybridized carbons (Fsp3) is 0.438. The summed E-state index contributed by atoms with van der Waals surface area (Å²) in [5, 5.41) is 4.17. The minimum atomic E-state index is 0.0317. The zero-order valence-electron chi connectivity index (χ0n) is 12.0. The van der Waals surface area contributed by atoms with E-state index in [0.29, 0.717) is 6.04 Å². The van der Waals surface area contributed by atoms with Gasteiger partial charge in [0.15, 0.2) is 0 Å². The Morgan fingerprint density at radius 1 is 1.40 bits per heavy atom. The van der Waals surface area contributed by atoms with E-state index < -0.39 is 0 Å². The zero-order chi connectivity index (χ0) is 14.1. The van der Waals surface area contributed by atoms with E-state index in [-0.39, 0.29) is 11.9 Å². The van der Waals surface area contributed by atoms with Gasteiger partial charge in [-0.05, 0) is 32.9 Å². The van der Waals surface area contributed by atoms with Gasteiger partial charge >= 0.3 is 0 Å². The molecule has 0 saturated carbocycles. The van der Waals surface area contributed by atoms with Gasteiger partial charge in [0, 0.05) is 35.7 Å². The highest BCUT2D eigenvalue weighted by Crippen LogP contribution is 2.19. The van der Waals surface area contributed by atoms with Crippen LogP contribution in [0.2, 0.25) is 0 Å². The maximum atomic E-state index is 12.4. The number of rotatable bonds is 2. The Hall–Kier alpha value is -1.81. The number of carbonyl (C=O) groups excluding carboxylic acids is 1. The molecule has 3 rings (SSSR count). The molecule has 106 valence electrons. The number of likely N-dealkylation sites (tertiary alicyclic amines) is 1. The lowest BCUT2D eigenvalue weighted by molar-refractivity contribution is 0.0898. The summed E-state index contributed by atoms with van der Waals surface area (Å²) in [6.07, 6.45) is 3.85. The van der Waals surface area contributed by atoms with Crippen LogP contribution in [0.3, 0.4) is 0 Å². The number of carbonyl (C=O) groups is 1. The van der Waals surface area contributed by atoms with Crippen LogP contribution < -0.4 is 5.32 Å². The number of aromatic nitrogens is 1. The van der Waals surface area contributed by atoms with Crippen LogP contribution in [0.1, 0.15) is 30.1 Å². The fourth-order valence-electron chi connectivity index (χ4n) is 2.94. The summed E-state index contributed by atoms with van der Waals surface area (Å²) in [7, 11) is 2.14. The largest absolute Gasteiger partial charge is 0.360 e. The average Bonchev–Trinajstić information content (AvgIpc) is 2.87. The summed E-state index contributed by atoms with van der Waals surface area (Å²) in [6, 6.07) is 8.71. The van der Waals surface area contributed by atoms with Crippen LogP contribution in [0.4, 0.5) is 0 Å². The first-order valence-corrected chi connectivity index (χ1v) is 7.22. The van der Waals surface area contributed by atoms with E-state index in [2.05, 4.69) is 29.2 Å². The normalized spacial score (nSPS) is 23.9. The van der Waals surface area contributed by atoms with Crippen LogP contribution in [-0.4, -0.2) is 41.5 Å². The van der Waals surface area contributed by atoms with E-state index in [4.69, 9.17) is 0 Å². The second kappa shape index (κ2) is 5.29. The SMILES string of the molecule is CC1CC(NC(=O)c2c[nH]c3ccccc23)CCN1C. The number of nitrogens with one attached hydrogen (secondary N) is 2. The summed E-state index contributed by atoms with van der Waals surface area (Å²) < 4.78 is 0. The third kappa shape index (κ3) is 2.43. The molecule has 2 atom stereocenters. The van der Waals surface area contributed by atoms with Crippen molar-refractivity contribution in [1.82, 2.24) is 15.2 Å². The number of para-hydroxylation sites is 1. The minimum Gasteiger partial charge on any atom is -0.360 e. The molecule has 4 heteroatoms. The lowest BCUT2D eigenvalue weighted by Crippen LogP contribution is -2.47. The highest BCUT2D eigenvalue weighted by Gasteiger charge is 2.24. The molecule has 0 aliphatic carbocycles. The second-order valence-corrected chi connectivity index (χ2v) is 5.77. The van der Waals surface area contributed by atoms with Crippen LogP contribution in [0.5, 0.6) is 0 Å². The highest BCUT2D eigenvalue weighted by molar-refractivity contribution is 6.06. The second-order valence-electron chi connectivity index (χ2n) is 5.77. The molecule has 1 aliphatic rings. The highest BCUT2D eigenvalue weighted by atomic mass is 16.1. The molecule has 0 spiro atoms. The van der Waals surface area contributed by atoms with Crippen molar-refractivity contribution in [3.63, 3.8) is 0 Å². The molecule has 4 nitrogen and oxygen atoms in total. The van der Waals surface area contributed by atoms with E-state index >= 15 is 0 Å². The number of hydrogen-bond donors (Lipinski definition) is 2. The first-order valence-electron chi connectivity index (χ1n) is 7.22. The van der Waals surface area contributed by atoms with E-state index in [9.17, 15) is 4.79 Å². The average molecular weight is 271 g/mol. The zero-order valence-corrected chi connectivity index (χ0v) is 12.0. The molecule has 1 aromatic carbocycles. The van der Waals surface area contributed by atoms with Gasteiger partial charge in [-0.15, -0.1) is 0 Å². The number of H-pyrrole nitrogens is 1. The molecule has 20 heavy (non-hydrogen) atoms. The molecule has 1 saturated heterocycles. The van der Waals surface area contributed by atoms with Gasteiger partial charge in [0.2, 0.25) is 0 Å². The minimum absolute atomic E-state index is 0.0317. The molecule has 2 N–H and O–H groups in total. The molecular weight excluding hydrogens is 250 g/mol. The Labute approximate surface area is 119 Å². The topological polar surface area (TPSA) is 48.1 Å². The quantitative estimate of drug-likeness (QED) is 0.881. The van der Waals surface area contributed by atoms with Gasteiger partial charge in [0.05, 0.1) is 5.56 Å². The monoisotopic (exact) mass is 271 g/mol. The lowest BCUT2D eigenvalue weighted by atomic mass is 9.98. The molecule has 2 aromatic rings. The van der Waals surface area contributed by atoms with Crippen molar-refractivity contribution in [3.05, 3.63) is 36.0 Å². The van der Waals surface area contributed by atoms with Gasteiger partial charge in [0.25, 0.3) is 5.91 Å². The fourth-order valence-corrected chi connectivity index (χ4v) is 2.94. The molecule has 1 fully saturated rings. The summed E-state index contributed by atoms with van der Waals surface area (Å²) >= 11 is 0. The Balaban J connectivity index is 1.73. The van der Waals surface area contributed by atoms with Crippen LogP contribution in [-0.2, 0) is 0 Å². The molecule has 1 aromatic heterocycles. The van der Waals surface area contributed by atoms with Crippen molar-refractivity contribution >= 4 is 16.8 Å². The third-order valence-electron chi connectivity index (χ3n) is 4.38. The lowest BCUT2D eigenvalue weighted by Gasteiger charge is -2.35. The summed E-state index contributed by atoms with van der Waals surface area (Å²) in [5.74, 6) is 0.0317. The van der Waals surface area contributed by atoms with Gasteiger partial charge in [-0.3, -0.25) is 4.79 Å². The van der Waals surface area contributed by atoms with E-state index in [1.165, 1.54) is 0 Å². The predicted molar refractivity (Wildman–Crippen MR) is 80.9 cm³/mol. The van der Waals surface area contributed by atoms with Crippen molar-refractivity contribution in [1.29, 1.82) is 0 Å². The number of fused-ring (bicyclic) bond motifs is 1. The number of hydrogen-bond acceptors (Lipinski definition) is 2. The Kier molecular flexibility index (Phi) is 3.49. The van der Waals surface area contributed by atoms with Crippen LogP contribution >= 0.6 is 0 Å². The molecule has 0 bridgehead atoms. The summed E-state index contributed by atoms with van der Waals surface area (Å²) in [5.41, 5.74) is 1.75. The molecule has 1 aliphatic heterocycles. The van der Waals surface area contributed by atoms with Gasteiger partial charge in [-0.2, -0.15) is 0 Å². The number of nitrogens with zero attached hydrogens (tertiary/aromatic N) is 1. The van der Waals surface area contributed by atoms with Crippen molar-refractivity contribution in [2.24, 2.45) is 0 Å². The van der Waals surface area contributed by atoms with Gasteiger partial charge in [-0.25, -0.2) is 0 Å². The Morgan fingerprint density at radius 3 is 3.00 bits per heavy atom. The standard InChI is InChI=1S/C16H21N3O/c1-11-9-12(7-8-19(11)2)18-16(20)14-10-17-15-6-4-3-5-13(14)15/h3-6,10-12,17H,7-9H2,1-2H3,(H,18,20).